The van der Waals surface area contributed by atoms with Crippen LogP contribution < -0.4 is 15.8 Å². The molecule has 2 heterocycles. The van der Waals surface area contributed by atoms with Gasteiger partial charge in [-0.25, -0.2) is 0 Å². The Morgan fingerprint density at radius 3 is 3.05 bits per heavy atom. The summed E-state index contributed by atoms with van der Waals surface area (Å²) >= 11 is 0. The quantitative estimate of drug-likeness (QED) is 0.837. The summed E-state index contributed by atoms with van der Waals surface area (Å²) in [5, 5.41) is 3.34. The number of rotatable bonds is 5. The number of nitrogen functional groups attached to an aromatic ring is 1. The average molecular weight is 265 g/mol. The van der Waals surface area contributed by atoms with Crippen LogP contribution in [0.3, 0.4) is 0 Å². The van der Waals surface area contributed by atoms with Crippen LogP contribution >= 0.6 is 0 Å². The Balaban J connectivity index is 1.95. The van der Waals surface area contributed by atoms with Crippen molar-refractivity contribution in [2.45, 2.75) is 32.2 Å². The first-order chi connectivity index (χ1) is 9.22. The van der Waals surface area contributed by atoms with Crippen molar-refractivity contribution >= 4 is 11.8 Å². The van der Waals surface area contributed by atoms with E-state index in [2.05, 4.69) is 27.1 Å². The zero-order valence-electron chi connectivity index (χ0n) is 11.7. The van der Waals surface area contributed by atoms with Gasteiger partial charge in [0.15, 0.2) is 0 Å². The Labute approximate surface area is 114 Å². The van der Waals surface area contributed by atoms with Crippen molar-refractivity contribution in [2.75, 3.05) is 37.8 Å². The minimum absolute atomic E-state index is 0.234. The smallest absolute Gasteiger partial charge is 0.225 e. The first kappa shape index (κ1) is 13.9. The van der Waals surface area contributed by atoms with Gasteiger partial charge in [-0.2, -0.15) is 9.97 Å². The third-order valence-corrected chi connectivity index (χ3v) is 3.60. The second-order valence-electron chi connectivity index (χ2n) is 4.81. The maximum absolute atomic E-state index is 5.64. The number of likely N-dealkylation sites (N-methyl/N-ethyl adjacent to an activating group) is 1. The maximum Gasteiger partial charge on any atom is 0.225 e. The van der Waals surface area contributed by atoms with Gasteiger partial charge in [0, 0.05) is 18.7 Å². The monoisotopic (exact) mass is 265 g/mol. The van der Waals surface area contributed by atoms with Gasteiger partial charge in [-0.15, -0.1) is 0 Å². The van der Waals surface area contributed by atoms with Crippen LogP contribution in [0.4, 0.5) is 11.8 Å². The van der Waals surface area contributed by atoms with Crippen molar-refractivity contribution in [1.82, 2.24) is 14.9 Å². The molecule has 0 spiro atoms. The minimum Gasteiger partial charge on any atom is -0.481 e. The van der Waals surface area contributed by atoms with Crippen molar-refractivity contribution in [1.29, 1.82) is 0 Å². The number of nitrogens with one attached hydrogen (secondary N) is 1. The fourth-order valence-electron chi connectivity index (χ4n) is 2.57. The second-order valence-corrected chi connectivity index (χ2v) is 4.81. The molecule has 1 saturated heterocycles. The molecule has 1 atom stereocenters. The second kappa shape index (κ2) is 6.56. The molecule has 1 aliphatic rings. The predicted molar refractivity (Wildman–Crippen MR) is 76.4 cm³/mol. The Bertz CT molecular complexity index is 412. The number of nitrogens with two attached hydrogens (primary N) is 1. The van der Waals surface area contributed by atoms with Gasteiger partial charge in [0.2, 0.25) is 11.8 Å². The van der Waals surface area contributed by atoms with Crippen molar-refractivity contribution < 1.29 is 4.74 Å². The largest absolute Gasteiger partial charge is 0.481 e. The van der Waals surface area contributed by atoms with Crippen molar-refractivity contribution in [3.63, 3.8) is 0 Å². The van der Waals surface area contributed by atoms with Crippen LogP contribution in [0.5, 0.6) is 5.88 Å². The van der Waals surface area contributed by atoms with Gasteiger partial charge in [-0.05, 0) is 25.9 Å². The summed E-state index contributed by atoms with van der Waals surface area (Å²) in [5.74, 6) is 1.45. The van der Waals surface area contributed by atoms with Crippen LogP contribution in [0.25, 0.3) is 0 Å². The highest BCUT2D eigenvalue weighted by molar-refractivity contribution is 5.42. The molecule has 1 aliphatic heterocycles. The van der Waals surface area contributed by atoms with Crippen LogP contribution in [-0.4, -0.2) is 47.7 Å². The van der Waals surface area contributed by atoms with E-state index in [1.165, 1.54) is 25.8 Å². The molecule has 0 saturated carbocycles. The third kappa shape index (κ3) is 3.70. The van der Waals surface area contributed by atoms with Crippen LogP contribution in [0.15, 0.2) is 6.07 Å². The van der Waals surface area contributed by atoms with Gasteiger partial charge in [0.05, 0.1) is 7.11 Å². The number of methoxy groups -OCH3 is 1. The predicted octanol–water partition coefficient (Wildman–Crippen LogP) is 1.35. The minimum atomic E-state index is 0.234. The zero-order chi connectivity index (χ0) is 13.7. The first-order valence-corrected chi connectivity index (χ1v) is 6.89. The molecular weight excluding hydrogens is 242 g/mol. The summed E-state index contributed by atoms with van der Waals surface area (Å²) in [5.41, 5.74) is 5.64. The molecule has 1 fully saturated rings. The van der Waals surface area contributed by atoms with Gasteiger partial charge in [-0.1, -0.05) is 13.3 Å². The van der Waals surface area contributed by atoms with E-state index in [-0.39, 0.29) is 5.95 Å². The number of piperidine rings is 1. The number of nitrogens with zero attached hydrogens (tertiary/aromatic N) is 3. The normalized spacial score (nSPS) is 20.2. The van der Waals surface area contributed by atoms with E-state index in [1.54, 1.807) is 13.2 Å². The lowest BCUT2D eigenvalue weighted by Gasteiger charge is -2.35. The molecule has 3 N–H and O–H groups in total. The number of hydrogen-bond acceptors (Lipinski definition) is 6. The molecule has 1 unspecified atom stereocenters. The van der Waals surface area contributed by atoms with Crippen LogP contribution in [-0.2, 0) is 0 Å². The number of likely N-dealkylation sites (tertiary alicyclic amines) is 1. The molecule has 6 heteroatoms. The molecule has 1 aromatic heterocycles. The van der Waals surface area contributed by atoms with Gasteiger partial charge >= 0.3 is 0 Å². The van der Waals surface area contributed by atoms with E-state index in [0.29, 0.717) is 11.9 Å². The summed E-state index contributed by atoms with van der Waals surface area (Å²) in [6, 6.07) is 2.34. The van der Waals surface area contributed by atoms with Gasteiger partial charge < -0.3 is 15.8 Å². The third-order valence-electron chi connectivity index (χ3n) is 3.60. The van der Waals surface area contributed by atoms with Gasteiger partial charge in [0.1, 0.15) is 5.82 Å². The van der Waals surface area contributed by atoms with Crippen molar-refractivity contribution in [2.24, 2.45) is 0 Å². The van der Waals surface area contributed by atoms with Crippen LogP contribution in [0, 0.1) is 0 Å². The molecule has 106 valence electrons. The summed E-state index contributed by atoms with van der Waals surface area (Å²) in [6.07, 6.45) is 3.84. The lowest BCUT2D eigenvalue weighted by molar-refractivity contribution is 0.164. The molecule has 0 aromatic carbocycles. The topological polar surface area (TPSA) is 76.3 Å². The summed E-state index contributed by atoms with van der Waals surface area (Å²) in [6.45, 7) is 5.39. The van der Waals surface area contributed by atoms with E-state index in [0.717, 1.165) is 18.9 Å². The Kier molecular flexibility index (Phi) is 4.79. The molecule has 0 amide bonds. The summed E-state index contributed by atoms with van der Waals surface area (Å²) < 4.78 is 5.09. The number of anilines is 2. The Hall–Kier alpha value is -1.56. The fourth-order valence-corrected chi connectivity index (χ4v) is 2.57. The van der Waals surface area contributed by atoms with E-state index in [4.69, 9.17) is 10.5 Å². The molecule has 19 heavy (non-hydrogen) atoms. The molecule has 6 nitrogen and oxygen atoms in total. The first-order valence-electron chi connectivity index (χ1n) is 6.89. The highest BCUT2D eigenvalue weighted by Crippen LogP contribution is 2.18. The van der Waals surface area contributed by atoms with Gasteiger partial charge in [-0.3, -0.25) is 4.90 Å². The summed E-state index contributed by atoms with van der Waals surface area (Å²) in [4.78, 5) is 10.7. The number of aromatic nitrogens is 2. The maximum atomic E-state index is 5.64. The number of ether oxygens (including phenoxy) is 1. The number of hydrogen-bond donors (Lipinski definition) is 2. The summed E-state index contributed by atoms with van der Waals surface area (Å²) in [7, 11) is 1.57. The van der Waals surface area contributed by atoms with E-state index in [9.17, 15) is 0 Å². The van der Waals surface area contributed by atoms with E-state index >= 15 is 0 Å². The average Bonchev–Trinajstić information content (AvgIpc) is 2.44. The Morgan fingerprint density at radius 2 is 2.32 bits per heavy atom. The van der Waals surface area contributed by atoms with Gasteiger partial charge in [0.25, 0.3) is 0 Å². The highest BCUT2D eigenvalue weighted by Gasteiger charge is 2.20. The zero-order valence-corrected chi connectivity index (χ0v) is 11.7. The van der Waals surface area contributed by atoms with Crippen molar-refractivity contribution in [3.8, 4) is 5.88 Å². The molecular formula is C13H23N5O. The molecule has 0 aliphatic carbocycles. The molecule has 2 rings (SSSR count). The highest BCUT2D eigenvalue weighted by atomic mass is 16.5. The molecule has 0 radical (unpaired) electrons. The fraction of sp³-hybridized carbons (Fsp3) is 0.692. The SMILES string of the molecule is CCN1CCCCC1CNc1cc(OC)nc(N)n1. The molecule has 0 bridgehead atoms. The Morgan fingerprint density at radius 1 is 1.47 bits per heavy atom. The lowest BCUT2D eigenvalue weighted by Crippen LogP contribution is -2.43. The van der Waals surface area contributed by atoms with Crippen molar-refractivity contribution in [3.05, 3.63) is 6.07 Å². The van der Waals surface area contributed by atoms with E-state index in [1.807, 2.05) is 0 Å². The van der Waals surface area contributed by atoms with Crippen LogP contribution in [0.2, 0.25) is 0 Å². The standard InChI is InChI=1S/C13H23N5O/c1-3-18-7-5-4-6-10(18)9-15-11-8-12(19-2)17-13(14)16-11/h8,10H,3-7,9H2,1-2H3,(H3,14,15,16,17). The lowest BCUT2D eigenvalue weighted by atomic mass is 10.0. The van der Waals surface area contributed by atoms with Crippen LogP contribution in [0.1, 0.15) is 26.2 Å². The van der Waals surface area contributed by atoms with E-state index < -0.39 is 0 Å². The molecule has 1 aromatic rings.